The Bertz CT molecular complexity index is 1410. The molecule has 2 aromatic heterocycles. The van der Waals surface area contributed by atoms with Crippen molar-refractivity contribution in [1.29, 1.82) is 0 Å². The van der Waals surface area contributed by atoms with Crippen molar-refractivity contribution in [3.8, 4) is 0 Å². The molecule has 6 atom stereocenters. The fraction of sp³-hybridized carbons (Fsp3) is 0.562. The lowest BCUT2D eigenvalue weighted by atomic mass is 9.97. The number of imidazole rings is 1. The summed E-state index contributed by atoms with van der Waals surface area (Å²) in [4.78, 5) is 71.9. The number of nitrogen functional groups attached to an aromatic ring is 2. The first-order chi connectivity index (χ1) is 18.4. The number of phosphoric acid groups is 3. The lowest BCUT2D eigenvalue weighted by Gasteiger charge is -2.24. The molecule has 3 heterocycles. The number of carbonyl (C=O) groups excluding carboxylic acids is 2. The van der Waals surface area contributed by atoms with Crippen molar-refractivity contribution in [3.05, 3.63) is 6.33 Å². The van der Waals surface area contributed by atoms with Gasteiger partial charge in [-0.3, -0.25) is 14.1 Å². The van der Waals surface area contributed by atoms with Gasteiger partial charge in [0.2, 0.25) is 5.95 Å². The van der Waals surface area contributed by atoms with Crippen LogP contribution in [0.15, 0.2) is 6.33 Å². The summed E-state index contributed by atoms with van der Waals surface area (Å²) in [5.41, 5.74) is 11.9. The molecule has 0 bridgehead atoms. The van der Waals surface area contributed by atoms with E-state index in [1.807, 2.05) is 0 Å². The molecule has 1 aliphatic rings. The number of nitrogens with zero attached hydrogens (tertiary/aromatic N) is 4. The molecule has 8 N–H and O–H groups in total. The molecule has 0 amide bonds. The zero-order valence-corrected chi connectivity index (χ0v) is 23.3. The Labute approximate surface area is 224 Å². The van der Waals surface area contributed by atoms with Gasteiger partial charge in [0.25, 0.3) is 0 Å². The van der Waals surface area contributed by atoms with Gasteiger partial charge in [0.15, 0.2) is 11.5 Å². The van der Waals surface area contributed by atoms with Crippen LogP contribution in [0.25, 0.3) is 11.2 Å². The molecule has 224 valence electrons. The fourth-order valence-electron chi connectivity index (χ4n) is 3.75. The SMILES string of the molecule is CC(=O)OC[C@H]1[C@@H](OC(C)=O)[C@H](Cn2cnc3c(N)nc(N)nc32)O[C@@H]1COP(=O)(O)OP(=O)(O)OP(=O)(O)O. The first-order valence-electron chi connectivity index (χ1n) is 10.8. The van der Waals surface area contributed by atoms with E-state index in [-0.39, 0.29) is 29.5 Å². The van der Waals surface area contributed by atoms with Crippen LogP contribution in [-0.4, -0.2) is 82.6 Å². The lowest BCUT2D eigenvalue weighted by molar-refractivity contribution is -0.153. The zero-order chi connectivity index (χ0) is 30.0. The number of hydrogen-bond acceptors (Lipinski definition) is 16. The molecule has 0 radical (unpaired) electrons. The minimum Gasteiger partial charge on any atom is -0.465 e. The van der Waals surface area contributed by atoms with Crippen molar-refractivity contribution in [2.45, 2.75) is 38.7 Å². The summed E-state index contributed by atoms with van der Waals surface area (Å²) in [6, 6.07) is 0. The van der Waals surface area contributed by atoms with Crippen molar-refractivity contribution in [2.24, 2.45) is 5.92 Å². The smallest absolute Gasteiger partial charge is 0.465 e. The molecule has 2 aromatic rings. The molecule has 40 heavy (non-hydrogen) atoms. The summed E-state index contributed by atoms with van der Waals surface area (Å²) in [7, 11) is -16.9. The largest absolute Gasteiger partial charge is 0.490 e. The number of nitrogens with two attached hydrogens (primary N) is 2. The van der Waals surface area contributed by atoms with Gasteiger partial charge in [0.1, 0.15) is 24.3 Å². The van der Waals surface area contributed by atoms with Crippen LogP contribution in [0.4, 0.5) is 11.8 Å². The van der Waals surface area contributed by atoms with Gasteiger partial charge in [-0.2, -0.15) is 18.6 Å². The number of esters is 2. The highest BCUT2D eigenvalue weighted by Gasteiger charge is 2.49. The third-order valence-corrected chi connectivity index (χ3v) is 8.90. The average molecular weight is 634 g/mol. The second-order valence-electron chi connectivity index (χ2n) is 8.18. The highest BCUT2D eigenvalue weighted by atomic mass is 31.3. The van der Waals surface area contributed by atoms with Crippen molar-refractivity contribution in [1.82, 2.24) is 19.5 Å². The predicted molar refractivity (Wildman–Crippen MR) is 128 cm³/mol. The van der Waals surface area contributed by atoms with Crippen LogP contribution < -0.4 is 11.5 Å². The third kappa shape index (κ3) is 8.73. The number of fused-ring (bicyclic) bond motifs is 1. The van der Waals surface area contributed by atoms with Gasteiger partial charge in [0.05, 0.1) is 31.5 Å². The quantitative estimate of drug-likeness (QED) is 0.123. The summed E-state index contributed by atoms with van der Waals surface area (Å²) >= 11 is 0. The van der Waals surface area contributed by atoms with Crippen LogP contribution in [-0.2, 0) is 57.2 Å². The maximum Gasteiger partial charge on any atom is 0.490 e. The molecule has 2 unspecified atom stereocenters. The standard InChI is InChI=1S/C16H25N6O15P3/c1-7(23)32-4-9-11(5-33-39(28,29)37-40(30,31)36-38(25,26)27)35-10(13(9)34-8(2)24)3-22-6-19-12-14(17)20-16(18)21-15(12)22/h6,9-11,13H,3-5H2,1-2H3,(H,28,29)(H,30,31)(H2,25,26,27)(H4,17,18,20,21)/t9-,10+,11-,13-/m1/s1. The van der Waals surface area contributed by atoms with Gasteiger partial charge in [-0.1, -0.05) is 0 Å². The van der Waals surface area contributed by atoms with Crippen LogP contribution in [0.5, 0.6) is 0 Å². The minimum atomic E-state index is -5.77. The van der Waals surface area contributed by atoms with Crippen LogP contribution in [0, 0.1) is 5.92 Å². The van der Waals surface area contributed by atoms with Crippen LogP contribution in [0.1, 0.15) is 13.8 Å². The summed E-state index contributed by atoms with van der Waals surface area (Å²) < 4.78 is 64.5. The van der Waals surface area contributed by atoms with Crippen molar-refractivity contribution in [3.63, 3.8) is 0 Å². The number of phosphoric ester groups is 1. The van der Waals surface area contributed by atoms with Gasteiger partial charge < -0.3 is 49.8 Å². The number of ether oxygens (including phenoxy) is 3. The van der Waals surface area contributed by atoms with Gasteiger partial charge in [-0.15, -0.1) is 0 Å². The van der Waals surface area contributed by atoms with Gasteiger partial charge >= 0.3 is 35.4 Å². The summed E-state index contributed by atoms with van der Waals surface area (Å²) in [6.07, 6.45) is -2.16. The number of hydrogen-bond donors (Lipinski definition) is 6. The molecule has 21 nitrogen and oxygen atoms in total. The number of aromatic nitrogens is 4. The molecule has 3 rings (SSSR count). The Hall–Kier alpha value is -2.54. The first kappa shape index (κ1) is 32.0. The van der Waals surface area contributed by atoms with E-state index in [0.29, 0.717) is 0 Å². The van der Waals surface area contributed by atoms with E-state index in [1.165, 1.54) is 10.9 Å². The van der Waals surface area contributed by atoms with E-state index in [4.69, 9.17) is 35.5 Å². The number of rotatable bonds is 12. The molecular formula is C16H25N6O15P3. The molecule has 1 saturated heterocycles. The van der Waals surface area contributed by atoms with Crippen molar-refractivity contribution in [2.75, 3.05) is 24.7 Å². The molecule has 0 aliphatic carbocycles. The van der Waals surface area contributed by atoms with E-state index < -0.39 is 72.9 Å². The number of anilines is 2. The monoisotopic (exact) mass is 634 g/mol. The Morgan fingerprint density at radius 1 is 1.00 bits per heavy atom. The maximum absolute atomic E-state index is 12.2. The lowest BCUT2D eigenvalue weighted by Crippen LogP contribution is -2.38. The summed E-state index contributed by atoms with van der Waals surface area (Å²) in [5, 5.41) is 0. The molecule has 0 saturated carbocycles. The van der Waals surface area contributed by atoms with Crippen molar-refractivity contribution >= 4 is 58.3 Å². The maximum atomic E-state index is 12.2. The minimum absolute atomic E-state index is 0.00765. The van der Waals surface area contributed by atoms with Crippen LogP contribution >= 0.6 is 23.5 Å². The first-order valence-corrected chi connectivity index (χ1v) is 15.4. The highest BCUT2D eigenvalue weighted by molar-refractivity contribution is 7.66. The molecule has 24 heteroatoms. The fourth-order valence-corrected chi connectivity index (χ4v) is 6.78. The predicted octanol–water partition coefficient (Wildman–Crippen LogP) is -0.788. The van der Waals surface area contributed by atoms with Crippen LogP contribution in [0.2, 0.25) is 0 Å². The second kappa shape index (κ2) is 12.1. The van der Waals surface area contributed by atoms with E-state index in [1.54, 1.807) is 0 Å². The Kier molecular flexibility index (Phi) is 9.70. The number of carbonyl (C=O) groups is 2. The summed E-state index contributed by atoms with van der Waals surface area (Å²) in [6.45, 7) is 0.756. The van der Waals surface area contributed by atoms with E-state index in [0.717, 1.165) is 13.8 Å². The van der Waals surface area contributed by atoms with Gasteiger partial charge in [-0.25, -0.2) is 18.7 Å². The van der Waals surface area contributed by atoms with Gasteiger partial charge in [0, 0.05) is 13.8 Å². The Morgan fingerprint density at radius 2 is 1.68 bits per heavy atom. The average Bonchev–Trinajstić information content (AvgIpc) is 3.29. The topological polar surface area (TPSA) is 317 Å². The normalized spacial score (nSPS) is 24.4. The third-order valence-electron chi connectivity index (χ3n) is 5.10. The van der Waals surface area contributed by atoms with Crippen LogP contribution in [0.3, 0.4) is 0 Å². The van der Waals surface area contributed by atoms with Crippen molar-refractivity contribution < 1.29 is 70.2 Å². The van der Waals surface area contributed by atoms with Gasteiger partial charge in [-0.05, 0) is 0 Å². The van der Waals surface area contributed by atoms with E-state index in [2.05, 4.69) is 28.1 Å². The second-order valence-corrected chi connectivity index (χ2v) is 12.6. The van der Waals surface area contributed by atoms with E-state index in [9.17, 15) is 33.1 Å². The zero-order valence-electron chi connectivity index (χ0n) is 20.6. The Balaban J connectivity index is 1.86. The molecule has 1 fully saturated rings. The summed E-state index contributed by atoms with van der Waals surface area (Å²) in [5.74, 6) is -2.67. The molecule has 0 spiro atoms. The van der Waals surface area contributed by atoms with E-state index >= 15 is 0 Å². The molecular weight excluding hydrogens is 609 g/mol. The molecule has 0 aromatic carbocycles. The molecule has 1 aliphatic heterocycles. The highest BCUT2D eigenvalue weighted by Crippen LogP contribution is 2.66. The Morgan fingerprint density at radius 3 is 2.27 bits per heavy atom.